The van der Waals surface area contributed by atoms with Crippen LogP contribution in [0.4, 0.5) is 4.79 Å². The summed E-state index contributed by atoms with van der Waals surface area (Å²) in [5.74, 6) is 0.906. The first-order chi connectivity index (χ1) is 11.8. The molecular formula is C16H24N6O2. The van der Waals surface area contributed by atoms with Crippen molar-refractivity contribution in [2.45, 2.75) is 31.8 Å². The Hall–Kier alpha value is -2.35. The first-order valence-corrected chi connectivity index (χ1v) is 8.44. The van der Waals surface area contributed by atoms with Crippen LogP contribution in [0, 0.1) is 0 Å². The van der Waals surface area contributed by atoms with E-state index in [1.54, 1.807) is 17.3 Å². The predicted octanol–water partition coefficient (Wildman–Crippen LogP) is 1.40. The van der Waals surface area contributed by atoms with Crippen LogP contribution in [0.25, 0.3) is 0 Å². The maximum atomic E-state index is 12.0. The molecule has 8 heteroatoms. The van der Waals surface area contributed by atoms with E-state index in [2.05, 4.69) is 25.6 Å². The Bertz CT molecular complexity index is 592. The number of furan rings is 1. The quantitative estimate of drug-likeness (QED) is 0.713. The number of nitrogens with one attached hydrogen (secondary N) is 2. The Balaban J connectivity index is 1.39. The van der Waals surface area contributed by atoms with Gasteiger partial charge < -0.3 is 15.1 Å². The van der Waals surface area contributed by atoms with E-state index in [-0.39, 0.29) is 12.1 Å². The molecule has 2 aromatic rings. The highest BCUT2D eigenvalue weighted by atomic mass is 16.3. The van der Waals surface area contributed by atoms with E-state index < -0.39 is 0 Å². The van der Waals surface area contributed by atoms with Crippen molar-refractivity contribution in [3.63, 3.8) is 0 Å². The van der Waals surface area contributed by atoms with Crippen LogP contribution in [0.3, 0.4) is 0 Å². The molecule has 0 saturated carbocycles. The topological polar surface area (TPSA) is 88.2 Å². The maximum Gasteiger partial charge on any atom is 0.314 e. The van der Waals surface area contributed by atoms with Gasteiger partial charge in [0, 0.05) is 19.6 Å². The van der Waals surface area contributed by atoms with Gasteiger partial charge in [0.05, 0.1) is 12.3 Å². The first-order valence-electron chi connectivity index (χ1n) is 8.44. The summed E-state index contributed by atoms with van der Waals surface area (Å²) in [7, 11) is 0. The highest BCUT2D eigenvalue weighted by Gasteiger charge is 2.25. The SMILES string of the molecule is O=C(NCCCn1cncn1)NC[C@@H](c1ccco1)N1CCCC1. The van der Waals surface area contributed by atoms with Gasteiger partial charge in [-0.2, -0.15) is 5.10 Å². The second kappa shape index (κ2) is 8.49. The fraction of sp³-hybridized carbons (Fsp3) is 0.562. The van der Waals surface area contributed by atoms with Crippen LogP contribution >= 0.6 is 0 Å². The largest absolute Gasteiger partial charge is 0.468 e. The lowest BCUT2D eigenvalue weighted by molar-refractivity contribution is 0.203. The molecular weight excluding hydrogens is 308 g/mol. The molecule has 0 unspecified atom stereocenters. The molecule has 2 aromatic heterocycles. The number of carbonyl (C=O) groups is 1. The van der Waals surface area contributed by atoms with Crippen LogP contribution in [0.15, 0.2) is 35.5 Å². The lowest BCUT2D eigenvalue weighted by Crippen LogP contribution is -2.41. The van der Waals surface area contributed by atoms with Gasteiger partial charge in [-0.15, -0.1) is 0 Å². The van der Waals surface area contributed by atoms with Gasteiger partial charge in [0.2, 0.25) is 0 Å². The van der Waals surface area contributed by atoms with E-state index >= 15 is 0 Å². The molecule has 0 aromatic carbocycles. The van der Waals surface area contributed by atoms with Crippen molar-refractivity contribution in [3.8, 4) is 0 Å². The van der Waals surface area contributed by atoms with Crippen LogP contribution in [0.5, 0.6) is 0 Å². The molecule has 0 bridgehead atoms. The number of nitrogens with zero attached hydrogens (tertiary/aromatic N) is 4. The average Bonchev–Trinajstić information content (AvgIpc) is 3.34. The third-order valence-corrected chi connectivity index (χ3v) is 4.23. The summed E-state index contributed by atoms with van der Waals surface area (Å²) in [6.45, 7) is 3.98. The van der Waals surface area contributed by atoms with E-state index in [1.165, 1.54) is 19.2 Å². The Kier molecular flexibility index (Phi) is 5.84. The zero-order chi connectivity index (χ0) is 16.6. The first kappa shape index (κ1) is 16.5. The second-order valence-electron chi connectivity index (χ2n) is 5.92. The molecule has 2 N–H and O–H groups in total. The van der Waals surface area contributed by atoms with Crippen molar-refractivity contribution in [1.29, 1.82) is 0 Å². The fourth-order valence-corrected chi connectivity index (χ4v) is 2.99. The second-order valence-corrected chi connectivity index (χ2v) is 5.92. The summed E-state index contributed by atoms with van der Waals surface area (Å²) >= 11 is 0. The number of aromatic nitrogens is 3. The number of urea groups is 1. The van der Waals surface area contributed by atoms with Crippen molar-refractivity contribution in [2.24, 2.45) is 0 Å². The molecule has 1 fully saturated rings. The molecule has 1 atom stereocenters. The Morgan fingerprint density at radius 2 is 2.21 bits per heavy atom. The lowest BCUT2D eigenvalue weighted by Gasteiger charge is -2.26. The number of rotatable bonds is 8. The molecule has 24 heavy (non-hydrogen) atoms. The number of hydrogen-bond donors (Lipinski definition) is 2. The number of hydrogen-bond acceptors (Lipinski definition) is 5. The third-order valence-electron chi connectivity index (χ3n) is 4.23. The standard InChI is InChI=1S/C16H24N6O2/c23-16(18-6-4-9-22-13-17-12-20-22)19-11-14(15-5-3-10-24-15)21-7-1-2-8-21/h3,5,10,12-14H,1-2,4,6-9,11H2,(H2,18,19,23)/t14-/m0/s1. The van der Waals surface area contributed by atoms with Crippen molar-refractivity contribution in [3.05, 3.63) is 36.8 Å². The van der Waals surface area contributed by atoms with Crippen LogP contribution in [-0.4, -0.2) is 51.9 Å². The van der Waals surface area contributed by atoms with Gasteiger partial charge in [-0.1, -0.05) is 0 Å². The molecule has 2 amide bonds. The number of amides is 2. The third kappa shape index (κ3) is 4.58. The minimum atomic E-state index is -0.149. The summed E-state index contributed by atoms with van der Waals surface area (Å²) in [6.07, 6.45) is 8.07. The number of likely N-dealkylation sites (tertiary alicyclic amines) is 1. The van der Waals surface area contributed by atoms with E-state index in [9.17, 15) is 4.79 Å². The van der Waals surface area contributed by atoms with E-state index in [0.29, 0.717) is 13.1 Å². The molecule has 3 heterocycles. The Labute approximate surface area is 141 Å². The molecule has 0 radical (unpaired) electrons. The average molecular weight is 332 g/mol. The molecule has 3 rings (SSSR count). The summed E-state index contributed by atoms with van der Waals surface area (Å²) < 4.78 is 7.30. The van der Waals surface area contributed by atoms with Gasteiger partial charge in [-0.3, -0.25) is 9.58 Å². The smallest absolute Gasteiger partial charge is 0.314 e. The highest BCUT2D eigenvalue weighted by molar-refractivity contribution is 5.73. The van der Waals surface area contributed by atoms with Gasteiger partial charge in [0.15, 0.2) is 0 Å². The van der Waals surface area contributed by atoms with E-state index in [1.807, 2.05) is 12.1 Å². The number of aryl methyl sites for hydroxylation is 1. The summed E-state index contributed by atoms with van der Waals surface area (Å²) in [6, 6.07) is 3.82. The minimum Gasteiger partial charge on any atom is -0.468 e. The molecule has 130 valence electrons. The van der Waals surface area contributed by atoms with Gasteiger partial charge in [-0.25, -0.2) is 9.78 Å². The van der Waals surface area contributed by atoms with Crippen LogP contribution < -0.4 is 10.6 Å². The maximum absolute atomic E-state index is 12.0. The van der Waals surface area contributed by atoms with Crippen molar-refractivity contribution in [1.82, 2.24) is 30.3 Å². The van der Waals surface area contributed by atoms with Gasteiger partial charge in [0.1, 0.15) is 18.4 Å². The molecule has 1 aliphatic rings. The number of carbonyl (C=O) groups excluding carboxylic acids is 1. The summed E-state index contributed by atoms with van der Waals surface area (Å²) in [5, 5.41) is 9.86. The van der Waals surface area contributed by atoms with Crippen molar-refractivity contribution >= 4 is 6.03 Å². The fourth-order valence-electron chi connectivity index (χ4n) is 2.99. The molecule has 0 spiro atoms. The van der Waals surface area contributed by atoms with Gasteiger partial charge in [0.25, 0.3) is 0 Å². The Morgan fingerprint density at radius 1 is 1.33 bits per heavy atom. The van der Waals surface area contributed by atoms with Crippen LogP contribution in [0.2, 0.25) is 0 Å². The monoisotopic (exact) mass is 332 g/mol. The predicted molar refractivity (Wildman–Crippen MR) is 88.3 cm³/mol. The zero-order valence-corrected chi connectivity index (χ0v) is 13.7. The van der Waals surface area contributed by atoms with Gasteiger partial charge in [-0.05, 0) is 44.5 Å². The van der Waals surface area contributed by atoms with Crippen LogP contribution in [-0.2, 0) is 6.54 Å². The van der Waals surface area contributed by atoms with Crippen LogP contribution in [0.1, 0.15) is 31.1 Å². The van der Waals surface area contributed by atoms with Crippen molar-refractivity contribution < 1.29 is 9.21 Å². The highest BCUT2D eigenvalue weighted by Crippen LogP contribution is 2.24. The molecule has 8 nitrogen and oxygen atoms in total. The molecule has 1 saturated heterocycles. The van der Waals surface area contributed by atoms with E-state index in [4.69, 9.17) is 4.42 Å². The normalized spacial score (nSPS) is 16.2. The van der Waals surface area contributed by atoms with Gasteiger partial charge >= 0.3 is 6.03 Å². The zero-order valence-electron chi connectivity index (χ0n) is 13.7. The van der Waals surface area contributed by atoms with E-state index in [0.717, 1.165) is 31.8 Å². The molecule has 1 aliphatic heterocycles. The Morgan fingerprint density at radius 3 is 2.92 bits per heavy atom. The minimum absolute atomic E-state index is 0.100. The van der Waals surface area contributed by atoms with Crippen molar-refractivity contribution in [2.75, 3.05) is 26.2 Å². The summed E-state index contributed by atoms with van der Waals surface area (Å²) in [4.78, 5) is 18.2. The lowest BCUT2D eigenvalue weighted by atomic mass is 10.2. The summed E-state index contributed by atoms with van der Waals surface area (Å²) in [5.41, 5.74) is 0. The molecule has 0 aliphatic carbocycles.